The van der Waals surface area contributed by atoms with Crippen molar-refractivity contribution < 1.29 is 13.5 Å². The molecule has 1 aliphatic rings. The van der Waals surface area contributed by atoms with E-state index in [2.05, 4.69) is 5.32 Å². The second kappa shape index (κ2) is 7.85. The normalized spacial score (nSPS) is 17.9. The third-order valence-electron chi connectivity index (χ3n) is 4.57. The molecule has 0 aromatic heterocycles. The number of anilines is 2. The van der Waals surface area contributed by atoms with Crippen LogP contribution in [0, 0.1) is 5.82 Å². The minimum Gasteiger partial charge on any atom is -0.320 e. The molecule has 0 saturated carbocycles. The number of nitrogens with one attached hydrogen (secondary N) is 1. The van der Waals surface area contributed by atoms with Crippen molar-refractivity contribution >= 4 is 33.9 Å². The lowest BCUT2D eigenvalue weighted by Crippen LogP contribution is -2.40. The Bertz CT molecular complexity index is 801. The Balaban J connectivity index is 2.16. The van der Waals surface area contributed by atoms with Crippen LogP contribution in [0.5, 0.6) is 0 Å². The highest BCUT2D eigenvalue weighted by atomic mass is 35.5. The van der Waals surface area contributed by atoms with Crippen molar-refractivity contribution in [2.75, 3.05) is 22.2 Å². The van der Waals surface area contributed by atoms with Crippen LogP contribution in [0.1, 0.15) is 31.9 Å². The maximum absolute atomic E-state index is 14.0. The Hall–Kier alpha value is -1.51. The third kappa shape index (κ3) is 3.75. The Morgan fingerprint density at radius 1 is 1.11 bits per heavy atom. The second-order valence-electron chi connectivity index (χ2n) is 6.83. The van der Waals surface area contributed by atoms with Gasteiger partial charge in [-0.15, -0.1) is 0 Å². The molecule has 148 valence electrons. The Morgan fingerprint density at radius 2 is 1.74 bits per heavy atom. The lowest BCUT2D eigenvalue weighted by Gasteiger charge is -2.48. The van der Waals surface area contributed by atoms with E-state index >= 15 is 0 Å². The van der Waals surface area contributed by atoms with Gasteiger partial charge in [0.25, 0.3) is 0 Å². The van der Waals surface area contributed by atoms with Gasteiger partial charge in [-0.05, 0) is 80.7 Å². The fourth-order valence-corrected chi connectivity index (χ4v) is 5.95. The molecule has 0 radical (unpaired) electrons. The summed E-state index contributed by atoms with van der Waals surface area (Å²) >= 11 is 6.08. The zero-order chi connectivity index (χ0) is 19.8. The SMILES string of the molecule is CNCCC(c1cc(F)cc(Cl)c1)N1c2ccccc2N(C(C)C)S1(O)O. The van der Waals surface area contributed by atoms with Crippen LogP contribution in [0.25, 0.3) is 0 Å². The van der Waals surface area contributed by atoms with Crippen molar-refractivity contribution in [3.63, 3.8) is 0 Å². The number of halogens is 2. The zero-order valence-corrected chi connectivity index (χ0v) is 17.1. The largest absolute Gasteiger partial charge is 0.320 e. The predicted molar refractivity (Wildman–Crippen MR) is 112 cm³/mol. The monoisotopic (exact) mass is 413 g/mol. The van der Waals surface area contributed by atoms with E-state index in [1.807, 2.05) is 45.2 Å². The Morgan fingerprint density at radius 3 is 2.30 bits per heavy atom. The minimum absolute atomic E-state index is 0.123. The molecule has 27 heavy (non-hydrogen) atoms. The summed E-state index contributed by atoms with van der Waals surface area (Å²) in [6, 6.07) is 11.2. The summed E-state index contributed by atoms with van der Waals surface area (Å²) < 4.78 is 39.7. The number of rotatable bonds is 6. The van der Waals surface area contributed by atoms with Gasteiger partial charge in [0.15, 0.2) is 0 Å². The molecule has 2 aromatic carbocycles. The molecule has 1 aliphatic heterocycles. The lowest BCUT2D eigenvalue weighted by atomic mass is 10.0. The molecule has 0 saturated heterocycles. The number of benzene rings is 2. The molecule has 1 unspecified atom stereocenters. The summed E-state index contributed by atoms with van der Waals surface area (Å²) in [6.07, 6.45) is 0.548. The number of fused-ring (bicyclic) bond motifs is 1. The summed E-state index contributed by atoms with van der Waals surface area (Å²) in [5.41, 5.74) is 2.08. The van der Waals surface area contributed by atoms with E-state index in [4.69, 9.17) is 11.6 Å². The molecule has 0 spiro atoms. The molecule has 0 aliphatic carbocycles. The fourth-order valence-electron chi connectivity index (χ4n) is 3.56. The van der Waals surface area contributed by atoms with Crippen LogP contribution < -0.4 is 13.9 Å². The number of para-hydroxylation sites is 2. The smallest absolute Gasteiger partial charge is 0.125 e. The van der Waals surface area contributed by atoms with Crippen LogP contribution >= 0.6 is 22.6 Å². The highest BCUT2D eigenvalue weighted by molar-refractivity contribution is 8.27. The van der Waals surface area contributed by atoms with Crippen LogP contribution in [0.3, 0.4) is 0 Å². The third-order valence-corrected chi connectivity index (χ3v) is 6.92. The van der Waals surface area contributed by atoms with Gasteiger partial charge in [-0.25, -0.2) is 13.0 Å². The molecule has 3 rings (SSSR count). The first-order valence-electron chi connectivity index (χ1n) is 8.84. The summed E-state index contributed by atoms with van der Waals surface area (Å²) in [7, 11) is -1.49. The van der Waals surface area contributed by atoms with Gasteiger partial charge in [0.2, 0.25) is 0 Å². The topological polar surface area (TPSA) is 59.0 Å². The fraction of sp³-hybridized carbons (Fsp3) is 0.368. The van der Waals surface area contributed by atoms with E-state index in [9.17, 15) is 13.5 Å². The zero-order valence-electron chi connectivity index (χ0n) is 15.6. The van der Waals surface area contributed by atoms with E-state index in [1.165, 1.54) is 12.1 Å². The predicted octanol–water partition coefficient (Wildman–Crippen LogP) is 5.45. The minimum atomic E-state index is -3.32. The van der Waals surface area contributed by atoms with Gasteiger partial charge in [-0.2, -0.15) is 0 Å². The highest BCUT2D eigenvalue weighted by Crippen LogP contribution is 2.65. The first-order chi connectivity index (χ1) is 12.8. The first kappa shape index (κ1) is 20.2. The van der Waals surface area contributed by atoms with Crippen molar-refractivity contribution in [3.8, 4) is 0 Å². The van der Waals surface area contributed by atoms with Gasteiger partial charge < -0.3 is 5.32 Å². The number of nitrogens with zero attached hydrogens (tertiary/aromatic N) is 2. The van der Waals surface area contributed by atoms with E-state index in [0.29, 0.717) is 24.2 Å². The molecule has 0 amide bonds. The summed E-state index contributed by atoms with van der Waals surface area (Å²) in [5.74, 6) is -0.448. The van der Waals surface area contributed by atoms with Crippen molar-refractivity contribution in [3.05, 3.63) is 58.9 Å². The first-order valence-corrected chi connectivity index (χ1v) is 10.7. The molecule has 0 bridgehead atoms. The quantitative estimate of drug-likeness (QED) is 0.588. The number of hydrogen-bond acceptors (Lipinski definition) is 5. The Labute approximate surface area is 166 Å². The Kier molecular flexibility index (Phi) is 5.88. The maximum Gasteiger partial charge on any atom is 0.125 e. The van der Waals surface area contributed by atoms with Gasteiger partial charge in [-0.3, -0.25) is 9.11 Å². The van der Waals surface area contributed by atoms with Crippen LogP contribution in [0.2, 0.25) is 5.02 Å². The van der Waals surface area contributed by atoms with Crippen LogP contribution in [0.15, 0.2) is 42.5 Å². The molecular formula is C19H25ClFN3O2S. The summed E-state index contributed by atoms with van der Waals surface area (Å²) in [4.78, 5) is 0. The van der Waals surface area contributed by atoms with Crippen LogP contribution in [-0.2, 0) is 0 Å². The molecular weight excluding hydrogens is 389 g/mol. The molecule has 1 atom stereocenters. The van der Waals surface area contributed by atoms with Crippen LogP contribution in [-0.4, -0.2) is 28.7 Å². The van der Waals surface area contributed by atoms with Gasteiger partial charge in [0, 0.05) is 11.1 Å². The summed E-state index contributed by atoms with van der Waals surface area (Å²) in [5, 5.41) is 3.37. The van der Waals surface area contributed by atoms with Crippen molar-refractivity contribution in [2.45, 2.75) is 32.4 Å². The van der Waals surface area contributed by atoms with Gasteiger partial charge in [0.05, 0.1) is 17.4 Å². The van der Waals surface area contributed by atoms with E-state index < -0.39 is 22.8 Å². The molecule has 8 heteroatoms. The average Bonchev–Trinajstić information content (AvgIpc) is 2.81. The molecule has 1 heterocycles. The second-order valence-corrected chi connectivity index (χ2v) is 9.04. The number of hydrogen-bond donors (Lipinski definition) is 3. The van der Waals surface area contributed by atoms with E-state index in [1.54, 1.807) is 14.7 Å². The molecule has 3 N–H and O–H groups in total. The molecule has 0 fully saturated rings. The van der Waals surface area contributed by atoms with Gasteiger partial charge in [-0.1, -0.05) is 23.7 Å². The van der Waals surface area contributed by atoms with Gasteiger partial charge in [0.1, 0.15) is 5.82 Å². The molecule has 2 aromatic rings. The van der Waals surface area contributed by atoms with Crippen molar-refractivity contribution in [2.24, 2.45) is 0 Å². The lowest BCUT2D eigenvalue weighted by molar-refractivity contribution is 0.461. The average molecular weight is 414 g/mol. The van der Waals surface area contributed by atoms with Crippen molar-refractivity contribution in [1.82, 2.24) is 5.32 Å². The standard InChI is InChI=1S/C19H25ClFN3O2S/c1-13(2)23-18-6-4-5-7-19(18)24(27(23,25)26)17(8-9-22-3)14-10-15(20)12-16(21)11-14/h4-7,10-13,17,22,25-26H,8-9H2,1-3H3. The van der Waals surface area contributed by atoms with Gasteiger partial charge >= 0.3 is 0 Å². The van der Waals surface area contributed by atoms with E-state index in [-0.39, 0.29) is 11.1 Å². The highest BCUT2D eigenvalue weighted by Gasteiger charge is 2.45. The molecule has 5 nitrogen and oxygen atoms in total. The maximum atomic E-state index is 14.0. The van der Waals surface area contributed by atoms with Crippen LogP contribution in [0.4, 0.5) is 15.8 Å². The van der Waals surface area contributed by atoms with Crippen molar-refractivity contribution in [1.29, 1.82) is 0 Å². The summed E-state index contributed by atoms with van der Waals surface area (Å²) in [6.45, 7) is 4.45. The van der Waals surface area contributed by atoms with E-state index in [0.717, 1.165) is 5.69 Å².